The number of amides is 2. The Balaban J connectivity index is 1.56. The average Bonchev–Trinajstić information content (AvgIpc) is 3.00. The van der Waals surface area contributed by atoms with Crippen LogP contribution in [0, 0.1) is 5.82 Å². The summed E-state index contributed by atoms with van der Waals surface area (Å²) in [5, 5.41) is 6.71. The molecule has 1 fully saturated rings. The molecule has 2 aromatic rings. The molecule has 3 rings (SSSR count). The molecule has 110 valence electrons. The monoisotopic (exact) mass is 305 g/mol. The Hall–Kier alpha value is -2.08. The summed E-state index contributed by atoms with van der Waals surface area (Å²) in [6, 6.07) is 8.37. The molecule has 0 aliphatic carbocycles. The molecule has 1 aliphatic rings. The molecule has 6 heteroatoms. The Morgan fingerprint density at radius 2 is 2.00 bits per heavy atom. The van der Waals surface area contributed by atoms with Crippen molar-refractivity contribution in [2.75, 3.05) is 36.4 Å². The predicted octanol–water partition coefficient (Wildman–Crippen LogP) is 3.24. The summed E-state index contributed by atoms with van der Waals surface area (Å²) in [6.07, 6.45) is 0. The van der Waals surface area contributed by atoms with Crippen molar-refractivity contribution in [2.45, 2.75) is 0 Å². The van der Waals surface area contributed by atoms with Crippen LogP contribution in [0.1, 0.15) is 0 Å². The van der Waals surface area contributed by atoms with Crippen molar-refractivity contribution in [1.82, 2.24) is 4.90 Å². The van der Waals surface area contributed by atoms with Crippen molar-refractivity contribution in [3.8, 4) is 0 Å². The number of carbonyl (C=O) groups excluding carboxylic acids is 1. The van der Waals surface area contributed by atoms with Gasteiger partial charge in [0.1, 0.15) is 5.82 Å². The topological polar surface area (TPSA) is 35.6 Å². The third-order valence-corrected chi connectivity index (χ3v) is 4.20. The Labute approximate surface area is 126 Å². The van der Waals surface area contributed by atoms with Crippen LogP contribution in [-0.4, -0.2) is 37.1 Å². The normalized spacial score (nSPS) is 15.1. The minimum absolute atomic E-state index is 0.0766. The molecule has 0 atom stereocenters. The van der Waals surface area contributed by atoms with Gasteiger partial charge >= 0.3 is 6.03 Å². The summed E-state index contributed by atoms with van der Waals surface area (Å²) in [5.74, 6) is -0.231. The highest BCUT2D eigenvalue weighted by atomic mass is 32.1. The summed E-state index contributed by atoms with van der Waals surface area (Å²) in [6.45, 7) is 2.68. The molecule has 4 nitrogen and oxygen atoms in total. The van der Waals surface area contributed by atoms with E-state index in [1.165, 1.54) is 12.1 Å². The van der Waals surface area contributed by atoms with E-state index in [0.717, 1.165) is 11.4 Å². The zero-order valence-electron chi connectivity index (χ0n) is 11.5. The number of piperazine rings is 1. The van der Waals surface area contributed by atoms with E-state index in [9.17, 15) is 9.18 Å². The van der Waals surface area contributed by atoms with Gasteiger partial charge in [-0.2, -0.15) is 11.3 Å². The summed E-state index contributed by atoms with van der Waals surface area (Å²) < 4.78 is 13.2. The molecule has 0 spiro atoms. The number of thiophene rings is 1. The zero-order chi connectivity index (χ0) is 14.7. The van der Waals surface area contributed by atoms with Crippen molar-refractivity contribution < 1.29 is 9.18 Å². The van der Waals surface area contributed by atoms with E-state index in [2.05, 4.69) is 10.2 Å². The fourth-order valence-corrected chi connectivity index (χ4v) is 2.97. The summed E-state index contributed by atoms with van der Waals surface area (Å²) in [7, 11) is 0. The van der Waals surface area contributed by atoms with Crippen LogP contribution in [0.3, 0.4) is 0 Å². The molecule has 1 aromatic heterocycles. The first-order chi connectivity index (χ1) is 10.2. The third kappa shape index (κ3) is 3.33. The Kier molecular flexibility index (Phi) is 4.06. The highest BCUT2D eigenvalue weighted by Crippen LogP contribution is 2.18. The van der Waals surface area contributed by atoms with E-state index < -0.39 is 0 Å². The number of hydrogen-bond acceptors (Lipinski definition) is 3. The number of nitrogens with one attached hydrogen (secondary N) is 1. The number of hydrogen-bond donors (Lipinski definition) is 1. The van der Waals surface area contributed by atoms with Crippen LogP contribution < -0.4 is 10.2 Å². The Morgan fingerprint density at radius 1 is 1.19 bits per heavy atom. The first-order valence-electron chi connectivity index (χ1n) is 6.81. The zero-order valence-corrected chi connectivity index (χ0v) is 12.3. The van der Waals surface area contributed by atoms with Gasteiger partial charge < -0.3 is 15.1 Å². The van der Waals surface area contributed by atoms with Gasteiger partial charge in [0.15, 0.2) is 0 Å². The van der Waals surface area contributed by atoms with Gasteiger partial charge in [0.25, 0.3) is 0 Å². The van der Waals surface area contributed by atoms with E-state index in [0.29, 0.717) is 26.2 Å². The summed E-state index contributed by atoms with van der Waals surface area (Å²) in [5.41, 5.74) is 1.70. The molecule has 1 N–H and O–H groups in total. The highest BCUT2D eigenvalue weighted by molar-refractivity contribution is 7.08. The van der Waals surface area contributed by atoms with Crippen molar-refractivity contribution in [3.63, 3.8) is 0 Å². The van der Waals surface area contributed by atoms with Gasteiger partial charge in [-0.05, 0) is 29.6 Å². The molecule has 1 aromatic carbocycles. The number of anilines is 2. The van der Waals surface area contributed by atoms with Crippen LogP contribution in [0.25, 0.3) is 0 Å². The van der Waals surface area contributed by atoms with Crippen LogP contribution in [0.5, 0.6) is 0 Å². The fourth-order valence-electron chi connectivity index (χ4n) is 2.38. The van der Waals surface area contributed by atoms with Crippen LogP contribution >= 0.6 is 11.3 Å². The second-order valence-corrected chi connectivity index (χ2v) is 5.68. The molecule has 2 heterocycles. The summed E-state index contributed by atoms with van der Waals surface area (Å²) in [4.78, 5) is 16.0. The Bertz CT molecular complexity index is 609. The molecule has 1 aliphatic heterocycles. The second-order valence-electron chi connectivity index (χ2n) is 4.90. The van der Waals surface area contributed by atoms with Gasteiger partial charge in [-0.1, -0.05) is 6.07 Å². The molecule has 0 saturated carbocycles. The molecule has 1 saturated heterocycles. The van der Waals surface area contributed by atoms with Crippen molar-refractivity contribution >= 4 is 28.7 Å². The average molecular weight is 305 g/mol. The lowest BCUT2D eigenvalue weighted by Gasteiger charge is -2.36. The van der Waals surface area contributed by atoms with Crippen molar-refractivity contribution in [1.29, 1.82) is 0 Å². The van der Waals surface area contributed by atoms with Crippen molar-refractivity contribution in [2.24, 2.45) is 0 Å². The first kappa shape index (κ1) is 13.9. The van der Waals surface area contributed by atoms with E-state index >= 15 is 0 Å². The van der Waals surface area contributed by atoms with Gasteiger partial charge in [0.2, 0.25) is 0 Å². The van der Waals surface area contributed by atoms with Gasteiger partial charge in [-0.3, -0.25) is 0 Å². The number of carbonyl (C=O) groups is 1. The van der Waals surface area contributed by atoms with E-state index in [-0.39, 0.29) is 11.8 Å². The summed E-state index contributed by atoms with van der Waals surface area (Å²) >= 11 is 1.55. The minimum atomic E-state index is -0.231. The van der Waals surface area contributed by atoms with Crippen LogP contribution in [-0.2, 0) is 0 Å². The largest absolute Gasteiger partial charge is 0.368 e. The highest BCUT2D eigenvalue weighted by Gasteiger charge is 2.21. The minimum Gasteiger partial charge on any atom is -0.368 e. The standard InChI is InChI=1S/C15H16FN3OS/c16-12-2-1-3-14(10-12)18-5-7-19(8-6-18)15(20)17-13-4-9-21-11-13/h1-4,9-11H,5-8H2,(H,17,20). The number of urea groups is 1. The molecular weight excluding hydrogens is 289 g/mol. The van der Waals surface area contributed by atoms with Gasteiger partial charge in [0.05, 0.1) is 5.69 Å². The molecular formula is C15H16FN3OS. The number of nitrogens with zero attached hydrogens (tertiary/aromatic N) is 2. The maximum absolute atomic E-state index is 13.2. The SMILES string of the molecule is O=C(Nc1ccsc1)N1CCN(c2cccc(F)c2)CC1. The molecule has 0 unspecified atom stereocenters. The third-order valence-electron chi connectivity index (χ3n) is 3.51. The maximum Gasteiger partial charge on any atom is 0.321 e. The first-order valence-corrected chi connectivity index (χ1v) is 7.75. The fraction of sp³-hybridized carbons (Fsp3) is 0.267. The predicted molar refractivity (Wildman–Crippen MR) is 83.5 cm³/mol. The maximum atomic E-state index is 13.2. The lowest BCUT2D eigenvalue weighted by atomic mass is 10.2. The van der Waals surface area contributed by atoms with Gasteiger partial charge in [-0.15, -0.1) is 0 Å². The van der Waals surface area contributed by atoms with Crippen LogP contribution in [0.2, 0.25) is 0 Å². The molecule has 0 radical (unpaired) electrons. The second kappa shape index (κ2) is 6.13. The van der Waals surface area contributed by atoms with E-state index in [1.54, 1.807) is 22.3 Å². The Morgan fingerprint density at radius 3 is 2.67 bits per heavy atom. The van der Waals surface area contributed by atoms with Crippen LogP contribution in [0.4, 0.5) is 20.6 Å². The number of rotatable bonds is 2. The molecule has 0 bridgehead atoms. The lowest BCUT2D eigenvalue weighted by Crippen LogP contribution is -2.50. The van der Waals surface area contributed by atoms with Gasteiger partial charge in [0, 0.05) is 37.2 Å². The van der Waals surface area contributed by atoms with Gasteiger partial charge in [-0.25, -0.2) is 9.18 Å². The molecule has 2 amide bonds. The number of halogens is 1. The molecule has 21 heavy (non-hydrogen) atoms. The van der Waals surface area contributed by atoms with E-state index in [4.69, 9.17) is 0 Å². The van der Waals surface area contributed by atoms with E-state index in [1.807, 2.05) is 22.9 Å². The lowest BCUT2D eigenvalue weighted by molar-refractivity contribution is 0.208. The quantitative estimate of drug-likeness (QED) is 0.924. The smallest absolute Gasteiger partial charge is 0.321 e. The number of benzene rings is 1. The van der Waals surface area contributed by atoms with Crippen LogP contribution in [0.15, 0.2) is 41.1 Å². The van der Waals surface area contributed by atoms with Crippen molar-refractivity contribution in [3.05, 3.63) is 46.9 Å².